The number of nitrogens with two attached hydrogens (primary N) is 2. The molecular formula is C12H16N4O2. The van der Waals surface area contributed by atoms with Crippen LogP contribution in [-0.4, -0.2) is 22.9 Å². The van der Waals surface area contributed by atoms with Gasteiger partial charge >= 0.3 is 6.03 Å². The molecule has 1 unspecified atom stereocenters. The highest BCUT2D eigenvalue weighted by atomic mass is 16.2. The number of rotatable bonds is 2. The van der Waals surface area contributed by atoms with Gasteiger partial charge in [-0.3, -0.25) is 15.0 Å². The molecule has 2 rings (SSSR count). The quantitative estimate of drug-likeness (QED) is 0.649. The smallest absolute Gasteiger partial charge is 0.318 e. The maximum atomic E-state index is 11.7. The number of hydrogen-bond acceptors (Lipinski definition) is 4. The SMILES string of the molecule is CC(C(=O)NC(N)=O)N1Cc2ccc(N)cc2C1. The molecule has 5 N–H and O–H groups in total. The van der Waals surface area contributed by atoms with E-state index in [-0.39, 0.29) is 5.91 Å². The lowest BCUT2D eigenvalue weighted by Crippen LogP contribution is -2.46. The van der Waals surface area contributed by atoms with E-state index in [4.69, 9.17) is 11.5 Å². The van der Waals surface area contributed by atoms with E-state index in [1.807, 2.05) is 23.1 Å². The van der Waals surface area contributed by atoms with E-state index >= 15 is 0 Å². The number of nitrogen functional groups attached to an aromatic ring is 1. The van der Waals surface area contributed by atoms with Crippen molar-refractivity contribution in [3.63, 3.8) is 0 Å². The highest BCUT2D eigenvalue weighted by Gasteiger charge is 2.27. The van der Waals surface area contributed by atoms with Crippen LogP contribution < -0.4 is 16.8 Å². The molecule has 1 aromatic carbocycles. The van der Waals surface area contributed by atoms with Crippen LogP contribution in [0, 0.1) is 0 Å². The molecule has 1 atom stereocenters. The van der Waals surface area contributed by atoms with Crippen LogP contribution in [0.3, 0.4) is 0 Å². The number of carbonyl (C=O) groups is 2. The van der Waals surface area contributed by atoms with Gasteiger partial charge < -0.3 is 11.5 Å². The topological polar surface area (TPSA) is 101 Å². The van der Waals surface area contributed by atoms with E-state index in [0.29, 0.717) is 18.8 Å². The van der Waals surface area contributed by atoms with Gasteiger partial charge in [0.05, 0.1) is 6.04 Å². The minimum Gasteiger partial charge on any atom is -0.399 e. The van der Waals surface area contributed by atoms with Crippen molar-refractivity contribution >= 4 is 17.6 Å². The second kappa shape index (κ2) is 4.66. The van der Waals surface area contributed by atoms with Crippen molar-refractivity contribution in [2.24, 2.45) is 5.73 Å². The number of anilines is 1. The zero-order valence-corrected chi connectivity index (χ0v) is 10.1. The van der Waals surface area contributed by atoms with Crippen LogP contribution in [0.5, 0.6) is 0 Å². The summed E-state index contributed by atoms with van der Waals surface area (Å²) in [5.41, 5.74) is 13.6. The van der Waals surface area contributed by atoms with E-state index in [1.165, 1.54) is 0 Å². The standard InChI is InChI=1S/C12H16N4O2/c1-7(11(17)15-12(14)18)16-5-8-2-3-10(13)4-9(8)6-16/h2-4,7H,5-6,13H2,1H3,(H3,14,15,17,18). The summed E-state index contributed by atoms with van der Waals surface area (Å²) in [5, 5.41) is 2.09. The van der Waals surface area contributed by atoms with Gasteiger partial charge in [-0.05, 0) is 30.2 Å². The van der Waals surface area contributed by atoms with Crippen LogP contribution in [0.25, 0.3) is 0 Å². The molecule has 1 aromatic rings. The summed E-state index contributed by atoms with van der Waals surface area (Å²) in [5.74, 6) is -0.386. The lowest BCUT2D eigenvalue weighted by Gasteiger charge is -2.21. The number of primary amides is 1. The minimum atomic E-state index is -0.826. The molecule has 1 heterocycles. The predicted molar refractivity (Wildman–Crippen MR) is 67.3 cm³/mol. The van der Waals surface area contributed by atoms with Gasteiger partial charge in [0.2, 0.25) is 5.91 Å². The molecule has 1 aliphatic heterocycles. The molecule has 0 saturated carbocycles. The highest BCUT2D eigenvalue weighted by Crippen LogP contribution is 2.26. The van der Waals surface area contributed by atoms with Crippen LogP contribution in [-0.2, 0) is 17.9 Å². The van der Waals surface area contributed by atoms with E-state index in [0.717, 1.165) is 11.1 Å². The number of urea groups is 1. The fraction of sp³-hybridized carbons (Fsp3) is 0.333. The average Bonchev–Trinajstić information content (AvgIpc) is 2.69. The summed E-state index contributed by atoms with van der Waals surface area (Å²) in [6, 6.07) is 4.48. The van der Waals surface area contributed by atoms with Crippen LogP contribution in [0.1, 0.15) is 18.1 Å². The number of nitrogens with zero attached hydrogens (tertiary/aromatic N) is 1. The van der Waals surface area contributed by atoms with Crippen LogP contribution >= 0.6 is 0 Å². The van der Waals surface area contributed by atoms with Crippen molar-refractivity contribution in [3.05, 3.63) is 29.3 Å². The largest absolute Gasteiger partial charge is 0.399 e. The zero-order chi connectivity index (χ0) is 13.3. The Kier molecular flexibility index (Phi) is 3.20. The molecule has 18 heavy (non-hydrogen) atoms. The van der Waals surface area contributed by atoms with Gasteiger partial charge in [0.15, 0.2) is 0 Å². The number of amides is 3. The first-order valence-corrected chi connectivity index (χ1v) is 5.69. The Morgan fingerprint density at radius 3 is 2.67 bits per heavy atom. The Morgan fingerprint density at radius 2 is 2.00 bits per heavy atom. The summed E-state index contributed by atoms with van der Waals surface area (Å²) in [6.07, 6.45) is 0. The third-order valence-corrected chi connectivity index (χ3v) is 3.15. The Morgan fingerprint density at radius 1 is 1.33 bits per heavy atom. The molecule has 0 spiro atoms. The van der Waals surface area contributed by atoms with E-state index < -0.39 is 12.1 Å². The van der Waals surface area contributed by atoms with Crippen LogP contribution in [0.15, 0.2) is 18.2 Å². The molecule has 0 fully saturated rings. The molecule has 0 saturated heterocycles. The number of hydrogen-bond donors (Lipinski definition) is 3. The van der Waals surface area contributed by atoms with Gasteiger partial charge in [0.25, 0.3) is 0 Å². The second-order valence-electron chi connectivity index (χ2n) is 4.46. The lowest BCUT2D eigenvalue weighted by molar-refractivity contribution is -0.124. The van der Waals surface area contributed by atoms with Gasteiger partial charge in [-0.25, -0.2) is 4.79 Å². The van der Waals surface area contributed by atoms with Crippen molar-refractivity contribution in [1.82, 2.24) is 10.2 Å². The number of fused-ring (bicyclic) bond motifs is 1. The van der Waals surface area contributed by atoms with Crippen molar-refractivity contribution in [2.45, 2.75) is 26.1 Å². The van der Waals surface area contributed by atoms with Crippen LogP contribution in [0.4, 0.5) is 10.5 Å². The van der Waals surface area contributed by atoms with E-state index in [2.05, 4.69) is 5.32 Å². The number of benzene rings is 1. The summed E-state index contributed by atoms with van der Waals surface area (Å²) in [6.45, 7) is 3.06. The first kappa shape index (κ1) is 12.4. The summed E-state index contributed by atoms with van der Waals surface area (Å²) in [4.78, 5) is 24.3. The highest BCUT2D eigenvalue weighted by molar-refractivity contribution is 5.96. The fourth-order valence-corrected chi connectivity index (χ4v) is 2.11. The third-order valence-electron chi connectivity index (χ3n) is 3.15. The Balaban J connectivity index is 2.06. The maximum absolute atomic E-state index is 11.7. The molecule has 0 radical (unpaired) electrons. The average molecular weight is 248 g/mol. The van der Waals surface area contributed by atoms with Crippen LogP contribution in [0.2, 0.25) is 0 Å². The summed E-state index contributed by atoms with van der Waals surface area (Å²) < 4.78 is 0. The van der Waals surface area contributed by atoms with Crippen molar-refractivity contribution in [1.29, 1.82) is 0 Å². The van der Waals surface area contributed by atoms with Gasteiger partial charge in [-0.15, -0.1) is 0 Å². The Bertz CT molecular complexity index is 501. The van der Waals surface area contributed by atoms with Gasteiger partial charge in [0, 0.05) is 18.8 Å². The first-order chi connectivity index (χ1) is 8.47. The van der Waals surface area contributed by atoms with Gasteiger partial charge in [0.1, 0.15) is 0 Å². The molecular weight excluding hydrogens is 232 g/mol. The monoisotopic (exact) mass is 248 g/mol. The Labute approximate surface area is 105 Å². The fourth-order valence-electron chi connectivity index (χ4n) is 2.11. The molecule has 96 valence electrons. The number of carbonyl (C=O) groups excluding carboxylic acids is 2. The first-order valence-electron chi connectivity index (χ1n) is 5.69. The molecule has 6 nitrogen and oxygen atoms in total. The van der Waals surface area contributed by atoms with Gasteiger partial charge in [-0.2, -0.15) is 0 Å². The molecule has 0 aliphatic carbocycles. The van der Waals surface area contributed by atoms with E-state index in [9.17, 15) is 9.59 Å². The second-order valence-corrected chi connectivity index (χ2v) is 4.46. The van der Waals surface area contributed by atoms with Gasteiger partial charge in [-0.1, -0.05) is 6.07 Å². The number of nitrogens with one attached hydrogen (secondary N) is 1. The molecule has 3 amide bonds. The van der Waals surface area contributed by atoms with Crippen molar-refractivity contribution < 1.29 is 9.59 Å². The normalized spacial score (nSPS) is 16.1. The molecule has 6 heteroatoms. The predicted octanol–water partition coefficient (Wildman–Crippen LogP) is 0.168. The van der Waals surface area contributed by atoms with Crippen molar-refractivity contribution in [2.75, 3.05) is 5.73 Å². The molecule has 1 aliphatic rings. The maximum Gasteiger partial charge on any atom is 0.318 e. The molecule has 0 bridgehead atoms. The minimum absolute atomic E-state index is 0.386. The summed E-state index contributed by atoms with van der Waals surface area (Å²) in [7, 11) is 0. The van der Waals surface area contributed by atoms with Crippen molar-refractivity contribution in [3.8, 4) is 0 Å². The molecule has 0 aromatic heterocycles. The lowest BCUT2D eigenvalue weighted by atomic mass is 10.1. The zero-order valence-electron chi connectivity index (χ0n) is 10.1. The Hall–Kier alpha value is -2.08. The van der Waals surface area contributed by atoms with E-state index in [1.54, 1.807) is 6.92 Å². The number of imide groups is 1. The summed E-state index contributed by atoms with van der Waals surface area (Å²) >= 11 is 0. The third kappa shape index (κ3) is 2.43.